The maximum Gasteiger partial charge on any atom is 0.332 e. The molecule has 0 fully saturated rings. The fourth-order valence-electron chi connectivity index (χ4n) is 1.76. The second kappa shape index (κ2) is 5.49. The van der Waals surface area contributed by atoms with E-state index in [-0.39, 0.29) is 6.54 Å². The van der Waals surface area contributed by atoms with Crippen LogP contribution in [0.1, 0.15) is 5.56 Å². The van der Waals surface area contributed by atoms with Gasteiger partial charge in [-0.2, -0.15) is 4.39 Å². The standard InChI is InChI=1S/C12H8FN3O5/c13-9-5-8(1-2-10(9)15(18)19)6-14-4-3-12(17)11(7-14)16(20)21/h1-5,7H,6H2. The zero-order valence-electron chi connectivity index (χ0n) is 10.4. The van der Waals surface area contributed by atoms with E-state index in [1.807, 2.05) is 0 Å². The molecule has 2 aromatic rings. The van der Waals surface area contributed by atoms with E-state index in [0.29, 0.717) is 5.56 Å². The van der Waals surface area contributed by atoms with Gasteiger partial charge in [-0.25, -0.2) is 0 Å². The molecule has 0 N–H and O–H groups in total. The summed E-state index contributed by atoms with van der Waals surface area (Å²) in [7, 11) is 0. The molecular weight excluding hydrogens is 285 g/mol. The van der Waals surface area contributed by atoms with Crippen LogP contribution in [0.25, 0.3) is 0 Å². The SMILES string of the molecule is O=c1ccn(Cc2ccc([N+](=O)[O-])c(F)c2)cc1[N+](=O)[O-]. The summed E-state index contributed by atoms with van der Waals surface area (Å²) in [6, 6.07) is 4.36. The summed E-state index contributed by atoms with van der Waals surface area (Å²) in [5.74, 6) is -0.993. The van der Waals surface area contributed by atoms with Crippen LogP contribution in [0.3, 0.4) is 0 Å². The molecule has 0 amide bonds. The summed E-state index contributed by atoms with van der Waals surface area (Å²) in [5, 5.41) is 21.2. The monoisotopic (exact) mass is 293 g/mol. The number of rotatable bonds is 4. The van der Waals surface area contributed by atoms with Crippen LogP contribution in [-0.4, -0.2) is 14.4 Å². The van der Waals surface area contributed by atoms with E-state index in [9.17, 15) is 29.4 Å². The number of hydrogen-bond acceptors (Lipinski definition) is 5. The lowest BCUT2D eigenvalue weighted by atomic mass is 10.2. The Morgan fingerprint density at radius 2 is 1.76 bits per heavy atom. The Balaban J connectivity index is 2.32. The van der Waals surface area contributed by atoms with E-state index in [1.165, 1.54) is 16.8 Å². The van der Waals surface area contributed by atoms with E-state index in [2.05, 4.69) is 0 Å². The molecule has 2 rings (SSSR count). The molecule has 0 spiro atoms. The molecule has 1 aromatic heterocycles. The lowest BCUT2D eigenvalue weighted by Crippen LogP contribution is -2.11. The average Bonchev–Trinajstić information content (AvgIpc) is 2.40. The van der Waals surface area contributed by atoms with Crippen molar-refractivity contribution in [3.05, 3.63) is 78.5 Å². The molecule has 0 aliphatic rings. The van der Waals surface area contributed by atoms with Crippen molar-refractivity contribution in [3.8, 4) is 0 Å². The number of aromatic nitrogens is 1. The second-order valence-electron chi connectivity index (χ2n) is 4.17. The number of benzene rings is 1. The number of pyridine rings is 1. The molecule has 0 aliphatic heterocycles. The molecule has 8 nitrogen and oxygen atoms in total. The zero-order chi connectivity index (χ0) is 15.6. The van der Waals surface area contributed by atoms with Crippen molar-refractivity contribution in [2.45, 2.75) is 6.54 Å². The van der Waals surface area contributed by atoms with E-state index < -0.39 is 32.5 Å². The van der Waals surface area contributed by atoms with Crippen molar-refractivity contribution in [1.29, 1.82) is 0 Å². The highest BCUT2D eigenvalue weighted by molar-refractivity contribution is 5.35. The lowest BCUT2D eigenvalue weighted by Gasteiger charge is -2.06. The third kappa shape index (κ3) is 3.08. The minimum absolute atomic E-state index is 0.0377. The van der Waals surface area contributed by atoms with Crippen LogP contribution in [0.4, 0.5) is 15.8 Å². The quantitative estimate of drug-likeness (QED) is 0.631. The highest BCUT2D eigenvalue weighted by Crippen LogP contribution is 2.18. The van der Waals surface area contributed by atoms with Crippen LogP contribution >= 0.6 is 0 Å². The number of nitro benzene ring substituents is 1. The van der Waals surface area contributed by atoms with Crippen molar-refractivity contribution in [1.82, 2.24) is 4.57 Å². The largest absolute Gasteiger partial charge is 0.344 e. The molecule has 9 heteroatoms. The molecule has 0 saturated carbocycles. The first-order valence-corrected chi connectivity index (χ1v) is 5.66. The molecule has 108 valence electrons. The van der Waals surface area contributed by atoms with Gasteiger partial charge in [-0.15, -0.1) is 0 Å². The van der Waals surface area contributed by atoms with E-state index in [4.69, 9.17) is 0 Å². The van der Waals surface area contributed by atoms with Gasteiger partial charge in [0.1, 0.15) is 0 Å². The zero-order valence-corrected chi connectivity index (χ0v) is 10.4. The number of nitrogens with zero attached hydrogens (tertiary/aromatic N) is 3. The number of hydrogen-bond donors (Lipinski definition) is 0. The second-order valence-corrected chi connectivity index (χ2v) is 4.17. The summed E-state index contributed by atoms with van der Waals surface area (Å²) in [5.41, 5.74) is -1.60. The molecule has 0 unspecified atom stereocenters. The first-order chi connectivity index (χ1) is 9.88. The topological polar surface area (TPSA) is 108 Å². The van der Waals surface area contributed by atoms with Crippen LogP contribution in [0.2, 0.25) is 0 Å². The van der Waals surface area contributed by atoms with Crippen molar-refractivity contribution in [2.24, 2.45) is 0 Å². The van der Waals surface area contributed by atoms with Crippen LogP contribution in [-0.2, 0) is 6.54 Å². The van der Waals surface area contributed by atoms with Crippen molar-refractivity contribution in [3.63, 3.8) is 0 Å². The van der Waals surface area contributed by atoms with Gasteiger partial charge in [0.15, 0.2) is 0 Å². The van der Waals surface area contributed by atoms with Gasteiger partial charge in [0.25, 0.3) is 5.43 Å². The van der Waals surface area contributed by atoms with Crippen LogP contribution in [0.5, 0.6) is 0 Å². The van der Waals surface area contributed by atoms with E-state index >= 15 is 0 Å². The average molecular weight is 293 g/mol. The van der Waals surface area contributed by atoms with Gasteiger partial charge in [-0.1, -0.05) is 6.07 Å². The fraction of sp³-hybridized carbons (Fsp3) is 0.0833. The minimum Gasteiger partial charge on any atom is -0.344 e. The first kappa shape index (κ1) is 14.3. The highest BCUT2D eigenvalue weighted by Gasteiger charge is 2.15. The Kier molecular flexibility index (Phi) is 3.74. The molecular formula is C12H8FN3O5. The van der Waals surface area contributed by atoms with Crippen LogP contribution in [0, 0.1) is 26.0 Å². The van der Waals surface area contributed by atoms with Gasteiger partial charge in [-0.3, -0.25) is 25.0 Å². The molecule has 1 heterocycles. The van der Waals surface area contributed by atoms with Gasteiger partial charge in [0, 0.05) is 24.9 Å². The molecule has 0 atom stereocenters. The summed E-state index contributed by atoms with van der Waals surface area (Å²) < 4.78 is 14.8. The van der Waals surface area contributed by atoms with E-state index in [1.54, 1.807) is 0 Å². The van der Waals surface area contributed by atoms with Crippen LogP contribution in [0.15, 0.2) is 41.5 Å². The molecule has 0 radical (unpaired) electrons. The highest BCUT2D eigenvalue weighted by atomic mass is 19.1. The maximum atomic E-state index is 13.5. The predicted molar refractivity (Wildman–Crippen MR) is 69.5 cm³/mol. The summed E-state index contributed by atoms with van der Waals surface area (Å²) in [4.78, 5) is 30.8. The number of halogens is 1. The molecule has 1 aromatic carbocycles. The Morgan fingerprint density at radius 1 is 1.10 bits per heavy atom. The third-order valence-electron chi connectivity index (χ3n) is 2.73. The summed E-state index contributed by atoms with van der Waals surface area (Å²) in [6.45, 7) is 0.0377. The number of nitro groups is 2. The molecule has 21 heavy (non-hydrogen) atoms. The Labute approximate surface area is 116 Å². The van der Waals surface area contributed by atoms with E-state index in [0.717, 1.165) is 24.4 Å². The lowest BCUT2D eigenvalue weighted by molar-refractivity contribution is -0.387. The normalized spacial score (nSPS) is 10.3. The smallest absolute Gasteiger partial charge is 0.332 e. The summed E-state index contributed by atoms with van der Waals surface area (Å²) >= 11 is 0. The van der Waals surface area contributed by atoms with Gasteiger partial charge in [-0.05, 0) is 11.6 Å². The summed E-state index contributed by atoms with van der Waals surface area (Å²) in [6.07, 6.45) is 2.34. The van der Waals surface area contributed by atoms with Crippen LogP contribution < -0.4 is 5.43 Å². The minimum atomic E-state index is -0.993. The van der Waals surface area contributed by atoms with Crippen molar-refractivity contribution >= 4 is 11.4 Å². The van der Waals surface area contributed by atoms with Gasteiger partial charge in [0.2, 0.25) is 5.82 Å². The van der Waals surface area contributed by atoms with Gasteiger partial charge < -0.3 is 4.57 Å². The predicted octanol–water partition coefficient (Wildman–Crippen LogP) is 1.85. The third-order valence-corrected chi connectivity index (χ3v) is 2.73. The van der Waals surface area contributed by atoms with Crippen molar-refractivity contribution in [2.75, 3.05) is 0 Å². The molecule has 0 aliphatic carbocycles. The Morgan fingerprint density at radius 3 is 2.33 bits per heavy atom. The fourth-order valence-corrected chi connectivity index (χ4v) is 1.76. The Hall–Kier alpha value is -3.10. The molecule has 0 saturated heterocycles. The van der Waals surface area contributed by atoms with Gasteiger partial charge in [0.05, 0.1) is 16.0 Å². The first-order valence-electron chi connectivity index (χ1n) is 5.66. The van der Waals surface area contributed by atoms with Crippen molar-refractivity contribution < 1.29 is 14.2 Å². The van der Waals surface area contributed by atoms with Gasteiger partial charge >= 0.3 is 11.4 Å². The maximum absolute atomic E-state index is 13.5. The molecule has 0 bridgehead atoms. The Bertz CT molecular complexity index is 787.